The molecule has 6 heteroatoms. The zero-order valence-corrected chi connectivity index (χ0v) is 16.3. The Bertz CT molecular complexity index is 586. The molecule has 5 nitrogen and oxygen atoms in total. The Morgan fingerprint density at radius 2 is 1.96 bits per heavy atom. The Morgan fingerprint density at radius 1 is 1.24 bits per heavy atom. The number of nitrogens with zero attached hydrogens (tertiary/aromatic N) is 2. The summed E-state index contributed by atoms with van der Waals surface area (Å²) >= 11 is 1.69. The van der Waals surface area contributed by atoms with Gasteiger partial charge >= 0.3 is 0 Å². The summed E-state index contributed by atoms with van der Waals surface area (Å²) in [6.45, 7) is 8.40. The molecule has 1 N–H and O–H groups in total. The molecule has 2 amide bonds. The van der Waals surface area contributed by atoms with Gasteiger partial charge in [-0.1, -0.05) is 24.6 Å². The second kappa shape index (κ2) is 9.82. The fourth-order valence-electron chi connectivity index (χ4n) is 3.03. The minimum Gasteiger partial charge on any atom is -0.340 e. The van der Waals surface area contributed by atoms with E-state index in [1.807, 2.05) is 36.3 Å². The molecule has 138 valence electrons. The average Bonchev–Trinajstić information content (AvgIpc) is 2.64. The van der Waals surface area contributed by atoms with E-state index < -0.39 is 6.04 Å². The normalized spacial score (nSPS) is 16.5. The Hall–Kier alpha value is -1.53. The van der Waals surface area contributed by atoms with Crippen molar-refractivity contribution in [3.63, 3.8) is 0 Å². The standard InChI is InChI=1S/C19H29N3O2S/c1-4-21-9-11-22(12-10-21)19(24)17(8-13-25-3)20-18(23)16-7-5-6-15(2)14-16/h5-7,14,17H,4,8-13H2,1-3H3,(H,20,23). The van der Waals surface area contributed by atoms with Crippen LogP contribution in [0.1, 0.15) is 29.3 Å². The van der Waals surface area contributed by atoms with Crippen molar-refractivity contribution in [1.29, 1.82) is 0 Å². The first-order chi connectivity index (χ1) is 12.0. The molecule has 1 aromatic rings. The van der Waals surface area contributed by atoms with Crippen molar-refractivity contribution in [2.75, 3.05) is 44.7 Å². The molecule has 0 spiro atoms. The SMILES string of the molecule is CCN1CCN(C(=O)C(CCSC)NC(=O)c2cccc(C)c2)CC1. The predicted molar refractivity (Wildman–Crippen MR) is 104 cm³/mol. The maximum atomic E-state index is 12.9. The Morgan fingerprint density at radius 3 is 2.56 bits per heavy atom. The van der Waals surface area contributed by atoms with E-state index in [0.29, 0.717) is 12.0 Å². The number of benzene rings is 1. The van der Waals surface area contributed by atoms with E-state index in [1.54, 1.807) is 17.8 Å². The summed E-state index contributed by atoms with van der Waals surface area (Å²) in [6.07, 6.45) is 2.68. The third-order valence-electron chi connectivity index (χ3n) is 4.63. The number of carbonyl (C=O) groups excluding carboxylic acids is 2. The Labute approximate surface area is 155 Å². The van der Waals surface area contributed by atoms with E-state index in [9.17, 15) is 9.59 Å². The van der Waals surface area contributed by atoms with E-state index >= 15 is 0 Å². The smallest absolute Gasteiger partial charge is 0.251 e. The lowest BCUT2D eigenvalue weighted by Crippen LogP contribution is -2.55. The largest absolute Gasteiger partial charge is 0.340 e. The highest BCUT2D eigenvalue weighted by Crippen LogP contribution is 2.10. The van der Waals surface area contributed by atoms with Gasteiger partial charge in [0.25, 0.3) is 5.91 Å². The first-order valence-electron chi connectivity index (χ1n) is 8.92. The van der Waals surface area contributed by atoms with Crippen LogP contribution in [0.3, 0.4) is 0 Å². The summed E-state index contributed by atoms with van der Waals surface area (Å²) in [5.74, 6) is 0.723. The molecule has 25 heavy (non-hydrogen) atoms. The number of hydrogen-bond donors (Lipinski definition) is 1. The molecule has 2 rings (SSSR count). The van der Waals surface area contributed by atoms with E-state index in [0.717, 1.165) is 44.0 Å². The predicted octanol–water partition coefficient (Wildman–Crippen LogP) is 2.01. The van der Waals surface area contributed by atoms with Crippen molar-refractivity contribution >= 4 is 23.6 Å². The van der Waals surface area contributed by atoms with Gasteiger partial charge in [-0.2, -0.15) is 11.8 Å². The van der Waals surface area contributed by atoms with Gasteiger partial charge in [-0.3, -0.25) is 9.59 Å². The van der Waals surface area contributed by atoms with Gasteiger partial charge in [-0.05, 0) is 44.0 Å². The number of aryl methyl sites for hydroxylation is 1. The van der Waals surface area contributed by atoms with Crippen LogP contribution < -0.4 is 5.32 Å². The van der Waals surface area contributed by atoms with Crippen LogP contribution in [0, 0.1) is 6.92 Å². The number of rotatable bonds is 7. The molecule has 0 bridgehead atoms. The molecule has 0 saturated carbocycles. The van der Waals surface area contributed by atoms with Gasteiger partial charge in [0.1, 0.15) is 6.04 Å². The minimum absolute atomic E-state index is 0.0470. The van der Waals surface area contributed by atoms with Crippen LogP contribution >= 0.6 is 11.8 Å². The molecule has 0 aromatic heterocycles. The van der Waals surface area contributed by atoms with Crippen LogP contribution in [0.25, 0.3) is 0 Å². The van der Waals surface area contributed by atoms with Crippen LogP contribution in [0.15, 0.2) is 24.3 Å². The molecular formula is C19H29N3O2S. The summed E-state index contributed by atoms with van der Waals surface area (Å²) < 4.78 is 0. The highest BCUT2D eigenvalue weighted by atomic mass is 32.2. The number of piperazine rings is 1. The van der Waals surface area contributed by atoms with Crippen LogP contribution in [-0.2, 0) is 4.79 Å². The zero-order chi connectivity index (χ0) is 18.2. The van der Waals surface area contributed by atoms with Gasteiger partial charge in [-0.15, -0.1) is 0 Å². The number of hydrogen-bond acceptors (Lipinski definition) is 4. The number of likely N-dealkylation sites (N-methyl/N-ethyl adjacent to an activating group) is 1. The van der Waals surface area contributed by atoms with Crippen molar-refractivity contribution in [3.05, 3.63) is 35.4 Å². The lowest BCUT2D eigenvalue weighted by Gasteiger charge is -2.36. The van der Waals surface area contributed by atoms with E-state index in [-0.39, 0.29) is 11.8 Å². The maximum absolute atomic E-state index is 12.9. The topological polar surface area (TPSA) is 52.6 Å². The van der Waals surface area contributed by atoms with Crippen molar-refractivity contribution in [2.24, 2.45) is 0 Å². The monoisotopic (exact) mass is 363 g/mol. The van der Waals surface area contributed by atoms with Crippen LogP contribution in [0.5, 0.6) is 0 Å². The van der Waals surface area contributed by atoms with Gasteiger partial charge in [0.05, 0.1) is 0 Å². The van der Waals surface area contributed by atoms with Crippen LogP contribution in [0.4, 0.5) is 0 Å². The molecule has 0 aliphatic carbocycles. The maximum Gasteiger partial charge on any atom is 0.251 e. The van der Waals surface area contributed by atoms with Gasteiger partial charge in [0.2, 0.25) is 5.91 Å². The molecule has 1 aromatic carbocycles. The van der Waals surface area contributed by atoms with Crippen molar-refractivity contribution in [1.82, 2.24) is 15.1 Å². The highest BCUT2D eigenvalue weighted by molar-refractivity contribution is 7.98. The van der Waals surface area contributed by atoms with Crippen LogP contribution in [-0.4, -0.2) is 72.4 Å². The molecule has 0 radical (unpaired) electrons. The second-order valence-electron chi connectivity index (χ2n) is 6.44. The lowest BCUT2D eigenvalue weighted by atomic mass is 10.1. The van der Waals surface area contributed by atoms with Crippen molar-refractivity contribution in [3.8, 4) is 0 Å². The molecular weight excluding hydrogens is 334 g/mol. The molecule has 1 saturated heterocycles. The number of carbonyl (C=O) groups is 2. The van der Waals surface area contributed by atoms with Gasteiger partial charge < -0.3 is 15.1 Å². The number of nitrogens with one attached hydrogen (secondary N) is 1. The lowest BCUT2D eigenvalue weighted by molar-refractivity contribution is -0.135. The van der Waals surface area contributed by atoms with E-state index in [4.69, 9.17) is 0 Å². The highest BCUT2D eigenvalue weighted by Gasteiger charge is 2.28. The number of thioether (sulfide) groups is 1. The molecule has 1 fully saturated rings. The third kappa shape index (κ3) is 5.75. The summed E-state index contributed by atoms with van der Waals surface area (Å²) in [6, 6.07) is 7.02. The Kier molecular flexibility index (Phi) is 7.78. The van der Waals surface area contributed by atoms with Crippen molar-refractivity contribution in [2.45, 2.75) is 26.3 Å². The summed E-state index contributed by atoms with van der Waals surface area (Å²) in [5, 5.41) is 2.96. The first kappa shape index (κ1) is 19.8. The third-order valence-corrected chi connectivity index (χ3v) is 5.27. The summed E-state index contributed by atoms with van der Waals surface area (Å²) in [5.41, 5.74) is 1.65. The van der Waals surface area contributed by atoms with Crippen LogP contribution in [0.2, 0.25) is 0 Å². The fourth-order valence-corrected chi connectivity index (χ4v) is 3.50. The van der Waals surface area contributed by atoms with Crippen molar-refractivity contribution < 1.29 is 9.59 Å². The molecule has 1 atom stereocenters. The van der Waals surface area contributed by atoms with E-state index in [2.05, 4.69) is 17.1 Å². The average molecular weight is 364 g/mol. The molecule has 1 unspecified atom stereocenters. The van der Waals surface area contributed by atoms with Gasteiger partial charge in [0.15, 0.2) is 0 Å². The first-order valence-corrected chi connectivity index (χ1v) is 10.3. The second-order valence-corrected chi connectivity index (χ2v) is 7.42. The van der Waals surface area contributed by atoms with E-state index in [1.165, 1.54) is 0 Å². The summed E-state index contributed by atoms with van der Waals surface area (Å²) in [4.78, 5) is 29.7. The zero-order valence-electron chi connectivity index (χ0n) is 15.5. The quantitative estimate of drug-likeness (QED) is 0.805. The fraction of sp³-hybridized carbons (Fsp3) is 0.579. The molecule has 1 aliphatic rings. The summed E-state index contributed by atoms with van der Waals surface area (Å²) in [7, 11) is 0. The van der Waals surface area contributed by atoms with Gasteiger partial charge in [-0.25, -0.2) is 0 Å². The minimum atomic E-state index is -0.450. The molecule has 1 aliphatic heterocycles. The number of amides is 2. The Balaban J connectivity index is 2.02. The molecule has 1 heterocycles. The van der Waals surface area contributed by atoms with Gasteiger partial charge in [0, 0.05) is 31.7 Å².